The zero-order valence-electron chi connectivity index (χ0n) is 12.6. The first-order valence-corrected chi connectivity index (χ1v) is 6.99. The van der Waals surface area contributed by atoms with Crippen molar-refractivity contribution in [2.24, 2.45) is 0 Å². The Morgan fingerprint density at radius 3 is 2.91 bits per heavy atom. The maximum Gasteiger partial charge on any atom is 0.331 e. The molecule has 0 amide bonds. The predicted octanol–water partition coefficient (Wildman–Crippen LogP) is 2.10. The summed E-state index contributed by atoms with van der Waals surface area (Å²) in [4.78, 5) is 28.3. The van der Waals surface area contributed by atoms with Gasteiger partial charge in [0, 0.05) is 6.08 Å². The summed E-state index contributed by atoms with van der Waals surface area (Å²) in [5.41, 5.74) is 0.176. The van der Waals surface area contributed by atoms with Gasteiger partial charge in [-0.3, -0.25) is 9.36 Å². The molecule has 0 aliphatic carbocycles. The SMILES string of the molecule is C/C=C/C=C/C(=O)OCc1nc2ccccc2c(=O)n1CC#N. The van der Waals surface area contributed by atoms with Gasteiger partial charge in [-0.2, -0.15) is 5.26 Å². The number of ether oxygens (including phenoxy) is 1. The minimum Gasteiger partial charge on any atom is -0.454 e. The fraction of sp³-hybridized carbons (Fsp3) is 0.176. The van der Waals surface area contributed by atoms with Gasteiger partial charge in [-0.25, -0.2) is 9.78 Å². The van der Waals surface area contributed by atoms with Crippen molar-refractivity contribution in [2.45, 2.75) is 20.1 Å². The van der Waals surface area contributed by atoms with E-state index in [4.69, 9.17) is 10.00 Å². The molecule has 0 saturated heterocycles. The number of hydrogen-bond acceptors (Lipinski definition) is 5. The van der Waals surface area contributed by atoms with Crippen LogP contribution in [-0.4, -0.2) is 15.5 Å². The molecule has 0 fully saturated rings. The van der Waals surface area contributed by atoms with E-state index >= 15 is 0 Å². The first kappa shape index (κ1) is 16.2. The highest BCUT2D eigenvalue weighted by atomic mass is 16.5. The van der Waals surface area contributed by atoms with Crippen LogP contribution in [-0.2, 0) is 22.7 Å². The maximum atomic E-state index is 12.4. The molecule has 0 unspecified atom stereocenters. The molecular weight excluding hydrogens is 294 g/mol. The zero-order valence-corrected chi connectivity index (χ0v) is 12.6. The number of carbonyl (C=O) groups excluding carboxylic acids is 1. The van der Waals surface area contributed by atoms with Crippen LogP contribution in [0, 0.1) is 11.3 Å². The Hall–Kier alpha value is -3.20. The number of aromatic nitrogens is 2. The second kappa shape index (κ2) is 7.71. The van der Waals surface area contributed by atoms with E-state index in [2.05, 4.69) is 4.98 Å². The van der Waals surface area contributed by atoms with Crippen molar-refractivity contribution in [3.63, 3.8) is 0 Å². The molecule has 0 aliphatic rings. The molecule has 0 aliphatic heterocycles. The molecular formula is C17H15N3O3. The zero-order chi connectivity index (χ0) is 16.7. The number of nitrogens with zero attached hydrogens (tertiary/aromatic N) is 3. The molecule has 6 nitrogen and oxygen atoms in total. The summed E-state index contributed by atoms with van der Waals surface area (Å²) in [6.07, 6.45) is 6.30. The average Bonchev–Trinajstić information content (AvgIpc) is 2.56. The monoisotopic (exact) mass is 309 g/mol. The van der Waals surface area contributed by atoms with Gasteiger partial charge in [0.2, 0.25) is 0 Å². The van der Waals surface area contributed by atoms with E-state index in [1.54, 1.807) is 42.5 Å². The Kier molecular flexibility index (Phi) is 5.42. The molecule has 0 bridgehead atoms. The van der Waals surface area contributed by atoms with Crippen LogP contribution in [0.2, 0.25) is 0 Å². The number of benzene rings is 1. The molecule has 0 saturated carbocycles. The van der Waals surface area contributed by atoms with Gasteiger partial charge in [0.15, 0.2) is 5.82 Å². The molecule has 1 heterocycles. The number of allylic oxidation sites excluding steroid dienone is 3. The van der Waals surface area contributed by atoms with Crippen LogP contribution in [0.1, 0.15) is 12.7 Å². The molecule has 0 radical (unpaired) electrons. The standard InChI is InChI=1S/C17H15N3O3/c1-2-3-4-9-16(21)23-12-15-19-14-8-6-5-7-13(14)17(22)20(15)11-10-18/h2-9H,11-12H2,1H3/b3-2+,9-4+. The summed E-state index contributed by atoms with van der Waals surface area (Å²) < 4.78 is 6.29. The van der Waals surface area contributed by atoms with Gasteiger partial charge in [0.05, 0.1) is 17.0 Å². The second-order valence-corrected chi connectivity index (χ2v) is 4.59. The second-order valence-electron chi connectivity index (χ2n) is 4.59. The number of rotatable bonds is 5. The highest BCUT2D eigenvalue weighted by Gasteiger charge is 2.11. The number of hydrogen-bond donors (Lipinski definition) is 0. The Morgan fingerprint density at radius 1 is 1.39 bits per heavy atom. The van der Waals surface area contributed by atoms with Crippen LogP contribution >= 0.6 is 0 Å². The normalized spacial score (nSPS) is 11.1. The van der Waals surface area contributed by atoms with E-state index in [1.807, 2.05) is 13.0 Å². The topological polar surface area (TPSA) is 85.0 Å². The molecule has 0 N–H and O–H groups in total. The third-order valence-corrected chi connectivity index (χ3v) is 3.05. The third kappa shape index (κ3) is 3.92. The minimum atomic E-state index is -0.547. The lowest BCUT2D eigenvalue weighted by Gasteiger charge is -2.10. The lowest BCUT2D eigenvalue weighted by molar-refractivity contribution is -0.139. The van der Waals surface area contributed by atoms with Gasteiger partial charge in [-0.1, -0.05) is 30.4 Å². The van der Waals surface area contributed by atoms with Crippen LogP contribution in [0.3, 0.4) is 0 Å². The van der Waals surface area contributed by atoms with Gasteiger partial charge < -0.3 is 4.74 Å². The van der Waals surface area contributed by atoms with Gasteiger partial charge in [-0.15, -0.1) is 0 Å². The summed E-state index contributed by atoms with van der Waals surface area (Å²) in [7, 11) is 0. The van der Waals surface area contributed by atoms with Crippen molar-refractivity contribution in [2.75, 3.05) is 0 Å². The number of carbonyl (C=O) groups is 1. The van der Waals surface area contributed by atoms with Crippen molar-refractivity contribution in [3.05, 3.63) is 64.7 Å². The lowest BCUT2D eigenvalue weighted by atomic mass is 10.2. The Bertz CT molecular complexity index is 873. The number of esters is 1. The van der Waals surface area contributed by atoms with Crippen LogP contribution in [0.4, 0.5) is 0 Å². The highest BCUT2D eigenvalue weighted by Crippen LogP contribution is 2.08. The molecule has 116 valence electrons. The minimum absolute atomic E-state index is 0.155. The van der Waals surface area contributed by atoms with Crippen LogP contribution in [0.5, 0.6) is 0 Å². The summed E-state index contributed by atoms with van der Waals surface area (Å²) in [5.74, 6) is -0.308. The average molecular weight is 309 g/mol. The molecule has 0 spiro atoms. The van der Waals surface area contributed by atoms with E-state index in [0.29, 0.717) is 10.9 Å². The first-order valence-electron chi connectivity index (χ1n) is 6.99. The lowest BCUT2D eigenvalue weighted by Crippen LogP contribution is -2.26. The Labute approximate surface area is 132 Å². The smallest absolute Gasteiger partial charge is 0.331 e. The molecule has 0 atom stereocenters. The van der Waals surface area contributed by atoms with Gasteiger partial charge in [0.1, 0.15) is 13.2 Å². The molecule has 1 aromatic heterocycles. The van der Waals surface area contributed by atoms with Crippen LogP contribution in [0.25, 0.3) is 10.9 Å². The first-order chi connectivity index (χ1) is 11.2. The fourth-order valence-electron chi connectivity index (χ4n) is 1.99. The van der Waals surface area contributed by atoms with E-state index < -0.39 is 5.97 Å². The maximum absolute atomic E-state index is 12.4. The van der Waals surface area contributed by atoms with Crippen molar-refractivity contribution in [1.82, 2.24) is 9.55 Å². The number of fused-ring (bicyclic) bond motifs is 1. The van der Waals surface area contributed by atoms with E-state index in [0.717, 1.165) is 0 Å². The Morgan fingerprint density at radius 2 is 2.17 bits per heavy atom. The van der Waals surface area contributed by atoms with E-state index in [-0.39, 0.29) is 24.5 Å². The van der Waals surface area contributed by atoms with E-state index in [1.165, 1.54) is 10.6 Å². The number of para-hydroxylation sites is 1. The van der Waals surface area contributed by atoms with Crippen molar-refractivity contribution in [3.8, 4) is 6.07 Å². The van der Waals surface area contributed by atoms with Crippen LogP contribution < -0.4 is 5.56 Å². The Balaban J connectivity index is 2.32. The highest BCUT2D eigenvalue weighted by molar-refractivity contribution is 5.82. The van der Waals surface area contributed by atoms with Gasteiger partial charge in [-0.05, 0) is 19.1 Å². The molecule has 2 rings (SSSR count). The quantitative estimate of drug-likeness (QED) is 0.479. The summed E-state index contributed by atoms with van der Waals surface area (Å²) >= 11 is 0. The summed E-state index contributed by atoms with van der Waals surface area (Å²) in [6, 6.07) is 8.76. The predicted molar refractivity (Wildman–Crippen MR) is 85.4 cm³/mol. The molecule has 23 heavy (non-hydrogen) atoms. The van der Waals surface area contributed by atoms with Crippen molar-refractivity contribution >= 4 is 16.9 Å². The largest absolute Gasteiger partial charge is 0.454 e. The third-order valence-electron chi connectivity index (χ3n) is 3.05. The van der Waals surface area contributed by atoms with Crippen molar-refractivity contribution in [1.29, 1.82) is 5.26 Å². The molecule has 6 heteroatoms. The summed E-state index contributed by atoms with van der Waals surface area (Å²) in [6.45, 7) is 1.49. The van der Waals surface area contributed by atoms with Gasteiger partial charge in [0.25, 0.3) is 5.56 Å². The molecule has 2 aromatic rings. The van der Waals surface area contributed by atoms with Crippen LogP contribution in [0.15, 0.2) is 53.4 Å². The fourth-order valence-corrected chi connectivity index (χ4v) is 1.99. The van der Waals surface area contributed by atoms with E-state index in [9.17, 15) is 9.59 Å². The molecule has 1 aromatic carbocycles. The summed E-state index contributed by atoms with van der Waals surface area (Å²) in [5, 5.41) is 9.32. The van der Waals surface area contributed by atoms with Crippen molar-refractivity contribution < 1.29 is 9.53 Å². The van der Waals surface area contributed by atoms with Gasteiger partial charge >= 0.3 is 5.97 Å². The number of nitriles is 1.